The summed E-state index contributed by atoms with van der Waals surface area (Å²) in [6.45, 7) is 15.5. The van der Waals surface area contributed by atoms with Gasteiger partial charge >= 0.3 is 0 Å². The molecular formula is C13H27N3O. The summed E-state index contributed by atoms with van der Waals surface area (Å²) in [5.74, 6) is 0. The molecule has 0 aromatic rings. The summed E-state index contributed by atoms with van der Waals surface area (Å²) in [5.41, 5.74) is 5.15. The van der Waals surface area contributed by atoms with Crippen molar-refractivity contribution in [2.45, 2.75) is 39.7 Å². The van der Waals surface area contributed by atoms with Crippen LogP contribution in [0.3, 0.4) is 0 Å². The Morgan fingerprint density at radius 3 is 2.35 bits per heavy atom. The molecule has 0 spiro atoms. The third kappa shape index (κ3) is 6.34. The fourth-order valence-electron chi connectivity index (χ4n) is 1.56. The summed E-state index contributed by atoms with van der Waals surface area (Å²) in [6.07, 6.45) is 1.85. The lowest BCUT2D eigenvalue weighted by atomic mass is 10.2. The minimum Gasteiger partial charge on any atom is -0.372 e. The fraction of sp³-hybridized carbons (Fsp3) is 0.692. The zero-order valence-corrected chi connectivity index (χ0v) is 11.9. The predicted octanol–water partition coefficient (Wildman–Crippen LogP) is 2.52. The summed E-state index contributed by atoms with van der Waals surface area (Å²) < 4.78 is 0. The normalized spacial score (nSPS) is 10.8. The van der Waals surface area contributed by atoms with Crippen LogP contribution >= 0.6 is 0 Å². The van der Waals surface area contributed by atoms with Crippen molar-refractivity contribution in [1.29, 1.82) is 0 Å². The second-order valence-electron chi connectivity index (χ2n) is 4.35. The van der Waals surface area contributed by atoms with Gasteiger partial charge in [0.25, 0.3) is 0 Å². The molecule has 17 heavy (non-hydrogen) atoms. The Bertz CT molecular complexity index is 251. The highest BCUT2D eigenvalue weighted by Crippen LogP contribution is 2.12. The van der Waals surface area contributed by atoms with Crippen molar-refractivity contribution in [3.05, 3.63) is 24.6 Å². The van der Waals surface area contributed by atoms with Crippen LogP contribution in [0.1, 0.15) is 33.6 Å². The van der Waals surface area contributed by atoms with E-state index in [1.165, 1.54) is 10.9 Å². The van der Waals surface area contributed by atoms with Crippen molar-refractivity contribution in [2.24, 2.45) is 0 Å². The molecule has 0 aromatic carbocycles. The van der Waals surface area contributed by atoms with E-state index in [0.29, 0.717) is 6.04 Å². The summed E-state index contributed by atoms with van der Waals surface area (Å²) >= 11 is 0. The topological polar surface area (TPSA) is 27.7 Å². The second-order valence-corrected chi connectivity index (χ2v) is 4.35. The highest BCUT2D eigenvalue weighted by molar-refractivity contribution is 4.97. The third-order valence-electron chi connectivity index (χ3n) is 2.68. The van der Waals surface area contributed by atoms with Gasteiger partial charge in [0.15, 0.2) is 0 Å². The van der Waals surface area contributed by atoms with Gasteiger partial charge in [-0.25, -0.2) is 0 Å². The van der Waals surface area contributed by atoms with Gasteiger partial charge in [-0.1, -0.05) is 20.1 Å². The number of allylic oxidation sites excluding steroid dienone is 1. The van der Waals surface area contributed by atoms with E-state index in [-0.39, 0.29) is 0 Å². The lowest BCUT2D eigenvalue weighted by Crippen LogP contribution is -2.35. The summed E-state index contributed by atoms with van der Waals surface area (Å²) in [5, 5.41) is 1.54. The number of hydrazine groups is 1. The molecule has 0 rings (SSSR count). The molecule has 0 saturated heterocycles. The fourth-order valence-corrected chi connectivity index (χ4v) is 1.56. The van der Waals surface area contributed by atoms with Gasteiger partial charge in [0, 0.05) is 37.4 Å². The Balaban J connectivity index is 4.13. The van der Waals surface area contributed by atoms with E-state index in [4.69, 9.17) is 4.84 Å². The zero-order chi connectivity index (χ0) is 13.4. The predicted molar refractivity (Wildman–Crippen MR) is 72.9 cm³/mol. The molecule has 4 nitrogen and oxygen atoms in total. The first-order valence-corrected chi connectivity index (χ1v) is 6.09. The van der Waals surface area contributed by atoms with Crippen molar-refractivity contribution >= 4 is 0 Å². The maximum atomic E-state index is 4.97. The Kier molecular flexibility index (Phi) is 7.66. The van der Waals surface area contributed by atoms with E-state index in [1.54, 1.807) is 14.2 Å². The van der Waals surface area contributed by atoms with Gasteiger partial charge in [0.05, 0.1) is 7.11 Å². The molecule has 1 N–H and O–H groups in total. The standard InChI is InChI=1S/C13H27N3O/c1-8-13(5)16(11(2)3)10-9-12(4)14-15(6)17-7/h11,14H,4-5,8-10H2,1-3,6-7H3. The molecule has 0 aliphatic rings. The van der Waals surface area contributed by atoms with Crippen LogP contribution in [0, 0.1) is 0 Å². The molecule has 100 valence electrons. The average molecular weight is 241 g/mol. The molecule has 0 aliphatic carbocycles. The van der Waals surface area contributed by atoms with Crippen LogP contribution < -0.4 is 5.43 Å². The highest BCUT2D eigenvalue weighted by atomic mass is 16.7. The van der Waals surface area contributed by atoms with Crippen LogP contribution in [0.4, 0.5) is 0 Å². The number of hydroxylamine groups is 1. The van der Waals surface area contributed by atoms with E-state index >= 15 is 0 Å². The van der Waals surface area contributed by atoms with Gasteiger partial charge in [0.2, 0.25) is 0 Å². The van der Waals surface area contributed by atoms with Crippen molar-refractivity contribution in [3.8, 4) is 0 Å². The molecule has 0 aromatic heterocycles. The molecule has 0 fully saturated rings. The Hall–Kier alpha value is -1.00. The SMILES string of the molecule is C=C(CCN(C(=C)CC)C(C)C)NN(C)OC. The summed E-state index contributed by atoms with van der Waals surface area (Å²) in [7, 11) is 3.41. The van der Waals surface area contributed by atoms with E-state index in [2.05, 4.69) is 44.3 Å². The van der Waals surface area contributed by atoms with Crippen LogP contribution in [-0.4, -0.2) is 36.8 Å². The molecule has 0 heterocycles. The Labute approximate surface area is 106 Å². The molecule has 4 heteroatoms. The highest BCUT2D eigenvalue weighted by Gasteiger charge is 2.10. The molecule has 0 atom stereocenters. The van der Waals surface area contributed by atoms with E-state index in [1.807, 2.05) is 0 Å². The van der Waals surface area contributed by atoms with Gasteiger partial charge in [-0.05, 0) is 20.3 Å². The molecular weight excluding hydrogens is 214 g/mol. The van der Waals surface area contributed by atoms with Crippen molar-refractivity contribution in [1.82, 2.24) is 15.5 Å². The number of nitrogens with one attached hydrogen (secondary N) is 1. The summed E-state index contributed by atoms with van der Waals surface area (Å²) in [4.78, 5) is 7.28. The smallest absolute Gasteiger partial charge is 0.0596 e. The summed E-state index contributed by atoms with van der Waals surface area (Å²) in [6, 6.07) is 0.468. The first-order chi connectivity index (χ1) is 7.92. The monoisotopic (exact) mass is 241 g/mol. The molecule has 0 unspecified atom stereocenters. The van der Waals surface area contributed by atoms with Crippen molar-refractivity contribution in [3.63, 3.8) is 0 Å². The first-order valence-electron chi connectivity index (χ1n) is 6.09. The minimum absolute atomic E-state index is 0.468. The maximum Gasteiger partial charge on any atom is 0.0596 e. The Morgan fingerprint density at radius 2 is 1.94 bits per heavy atom. The number of rotatable bonds is 9. The molecule has 0 amide bonds. The van der Waals surface area contributed by atoms with Crippen LogP contribution in [0.15, 0.2) is 24.6 Å². The lowest BCUT2D eigenvalue weighted by Gasteiger charge is -2.31. The van der Waals surface area contributed by atoms with E-state index in [0.717, 1.165) is 25.1 Å². The first kappa shape index (κ1) is 16.0. The molecule has 0 aliphatic heterocycles. The van der Waals surface area contributed by atoms with Crippen LogP contribution in [0.5, 0.6) is 0 Å². The van der Waals surface area contributed by atoms with Gasteiger partial charge in [-0.3, -0.25) is 4.84 Å². The lowest BCUT2D eigenvalue weighted by molar-refractivity contribution is -0.142. The quantitative estimate of drug-likeness (QED) is 0.628. The number of hydrogen-bond acceptors (Lipinski definition) is 4. The van der Waals surface area contributed by atoms with Gasteiger partial charge in [-0.15, -0.1) is 5.17 Å². The van der Waals surface area contributed by atoms with Crippen LogP contribution in [0.2, 0.25) is 0 Å². The average Bonchev–Trinajstić information content (AvgIpc) is 2.28. The van der Waals surface area contributed by atoms with Gasteiger partial charge < -0.3 is 10.3 Å². The number of hydrogen-bond donors (Lipinski definition) is 1. The largest absolute Gasteiger partial charge is 0.372 e. The van der Waals surface area contributed by atoms with Crippen LogP contribution in [0.25, 0.3) is 0 Å². The van der Waals surface area contributed by atoms with Crippen molar-refractivity contribution in [2.75, 3.05) is 20.7 Å². The third-order valence-corrected chi connectivity index (χ3v) is 2.68. The van der Waals surface area contributed by atoms with Gasteiger partial charge in [0.1, 0.15) is 0 Å². The molecule has 0 bridgehead atoms. The zero-order valence-electron chi connectivity index (χ0n) is 11.9. The van der Waals surface area contributed by atoms with Gasteiger partial charge in [-0.2, -0.15) is 0 Å². The van der Waals surface area contributed by atoms with Crippen LogP contribution in [-0.2, 0) is 4.84 Å². The van der Waals surface area contributed by atoms with E-state index < -0.39 is 0 Å². The molecule has 0 radical (unpaired) electrons. The Morgan fingerprint density at radius 1 is 1.35 bits per heavy atom. The van der Waals surface area contributed by atoms with Crippen molar-refractivity contribution < 1.29 is 4.84 Å². The minimum atomic E-state index is 0.468. The molecule has 0 saturated carbocycles. The maximum absolute atomic E-state index is 4.97. The number of nitrogens with zero attached hydrogens (tertiary/aromatic N) is 2. The second kappa shape index (κ2) is 8.14. The van der Waals surface area contributed by atoms with E-state index in [9.17, 15) is 0 Å².